The van der Waals surface area contributed by atoms with Gasteiger partial charge in [0.1, 0.15) is 51.8 Å². The first-order chi connectivity index (χ1) is 52.8. The number of nitrogens with one attached hydrogen (secondary N) is 2. The number of nitrogens with zero attached hydrogens (tertiary/aromatic N) is 15. The zero-order valence-electron chi connectivity index (χ0n) is 59.5. The zero-order chi connectivity index (χ0) is 77.9. The van der Waals surface area contributed by atoms with Crippen LogP contribution < -0.4 is 56.7 Å². The molecule has 3 aliphatic rings. The van der Waals surface area contributed by atoms with Crippen LogP contribution in [0.15, 0.2) is 162 Å². The van der Waals surface area contributed by atoms with Crippen LogP contribution in [0.3, 0.4) is 0 Å². The fourth-order valence-electron chi connectivity index (χ4n) is 11.7. The van der Waals surface area contributed by atoms with Crippen LogP contribution in [0.5, 0.6) is 17.2 Å². The first-order valence-electron chi connectivity index (χ1n) is 34.5. The van der Waals surface area contributed by atoms with Crippen molar-refractivity contribution in [2.24, 2.45) is 27.4 Å². The van der Waals surface area contributed by atoms with E-state index >= 15 is 0 Å². The number of rotatable bonds is 29. The molecule has 6 heterocycles. The number of carbonyl (C=O) groups is 8. The normalized spacial score (nSPS) is 12.0. The number of amides is 8. The molecule has 6 aromatic carbocycles. The highest BCUT2D eigenvalue weighted by Crippen LogP contribution is 2.41. The van der Waals surface area contributed by atoms with E-state index in [1.54, 1.807) is 121 Å². The summed E-state index contributed by atoms with van der Waals surface area (Å²) in [7, 11) is 0. The third kappa shape index (κ3) is 20.0. The van der Waals surface area contributed by atoms with E-state index in [9.17, 15) is 38.4 Å². The number of anilines is 6. The molecule has 0 saturated heterocycles. The summed E-state index contributed by atoms with van der Waals surface area (Å²) in [4.78, 5) is 154. The average Bonchev–Trinajstić information content (AvgIpc) is 1.64. The number of benzene rings is 6. The number of primary amides is 3. The lowest BCUT2D eigenvalue weighted by atomic mass is 10.1. The number of hydrogen-bond donors (Lipinski definition) is 5. The minimum absolute atomic E-state index is 0.0194. The summed E-state index contributed by atoms with van der Waals surface area (Å²) in [5.74, 6) is 0.195. The summed E-state index contributed by atoms with van der Waals surface area (Å²) in [5.41, 5.74) is 38.9. The van der Waals surface area contributed by atoms with Gasteiger partial charge in [-0.05, 0) is 179 Å². The molecule has 109 heavy (non-hydrogen) atoms. The van der Waals surface area contributed by atoms with Gasteiger partial charge in [-0.3, -0.25) is 53.1 Å². The number of carbonyl (C=O) groups excluding carboxylic acids is 10. The number of fused-ring (bicyclic) bond motifs is 3. The Labute approximate surface area is 623 Å². The van der Waals surface area contributed by atoms with E-state index in [2.05, 4.69) is 60.6 Å². The van der Waals surface area contributed by atoms with Crippen LogP contribution in [0.4, 0.5) is 34.5 Å². The van der Waals surface area contributed by atoms with Gasteiger partial charge in [0.15, 0.2) is 17.5 Å². The SMILES string of the molecule is CCOc1ccc(-c2nc(C(N)=O)c3c(n2)N(c2cccc(C(=O)NCCCCCN=[N+]=[N-])c2)C(=O)C3)cc1.CCOc1ccc(-c2nc(C(N)=O)c3c(n2)N(c2cccc(C(=O)NCCCCCN=[N+]=[N-])c2)C(=O)C3)cc1.CCOc1ccc(-c2nc(C(N)=O)c3c(n2)N(c2ccccc2)C(=O)C3)cc1.O=C=O. The number of hydrogen-bond acceptors (Lipinski definition) is 21. The summed E-state index contributed by atoms with van der Waals surface area (Å²) in [6.45, 7) is 9.08. The molecule has 8 N–H and O–H groups in total. The van der Waals surface area contributed by atoms with Gasteiger partial charge in [0.2, 0.25) is 17.7 Å². The zero-order valence-corrected chi connectivity index (χ0v) is 59.5. The number of para-hydroxylation sites is 1. The Morgan fingerprint density at radius 3 is 1.06 bits per heavy atom. The van der Waals surface area contributed by atoms with Crippen LogP contribution in [0, 0.1) is 0 Å². The van der Waals surface area contributed by atoms with Gasteiger partial charge in [-0.25, -0.2) is 29.9 Å². The van der Waals surface area contributed by atoms with Gasteiger partial charge in [0, 0.05) is 80.5 Å². The van der Waals surface area contributed by atoms with Crippen molar-refractivity contribution >= 4 is 87.9 Å². The monoisotopic (exact) mass is 1470 g/mol. The number of nitrogens with two attached hydrogens (primary N) is 3. The molecule has 0 bridgehead atoms. The van der Waals surface area contributed by atoms with E-state index in [1.807, 2.05) is 51.1 Å². The molecule has 33 nitrogen and oxygen atoms in total. The summed E-state index contributed by atoms with van der Waals surface area (Å²) in [6.07, 6.45) is 4.71. The summed E-state index contributed by atoms with van der Waals surface area (Å²) in [6, 6.07) is 43.8. The Kier molecular flexibility index (Phi) is 27.8. The van der Waals surface area contributed by atoms with E-state index in [0.29, 0.717) is 131 Å². The number of azide groups is 2. The predicted molar refractivity (Wildman–Crippen MR) is 399 cm³/mol. The summed E-state index contributed by atoms with van der Waals surface area (Å²) >= 11 is 0. The van der Waals surface area contributed by atoms with Crippen LogP contribution in [-0.2, 0) is 43.2 Å². The molecule has 0 unspecified atom stereocenters. The van der Waals surface area contributed by atoms with Crippen molar-refractivity contribution in [3.8, 4) is 51.4 Å². The van der Waals surface area contributed by atoms with Crippen molar-refractivity contribution in [2.45, 2.75) is 78.6 Å². The third-order valence-electron chi connectivity index (χ3n) is 16.6. The van der Waals surface area contributed by atoms with Gasteiger partial charge in [-0.2, -0.15) is 9.59 Å². The Bertz CT molecular complexity index is 4770. The van der Waals surface area contributed by atoms with Crippen molar-refractivity contribution in [3.63, 3.8) is 0 Å². The number of aromatic nitrogens is 6. The largest absolute Gasteiger partial charge is 0.494 e. The van der Waals surface area contributed by atoms with Gasteiger partial charge in [0.25, 0.3) is 29.5 Å². The van der Waals surface area contributed by atoms with Crippen LogP contribution in [0.1, 0.15) is 128 Å². The fraction of sp³-hybridized carbons (Fsp3) is 0.250. The molecule has 0 spiro atoms. The minimum atomic E-state index is -0.761. The lowest BCUT2D eigenvalue weighted by molar-refractivity contribution is -0.191. The Morgan fingerprint density at radius 1 is 0.440 bits per heavy atom. The molecule has 8 amide bonds. The van der Waals surface area contributed by atoms with Gasteiger partial charge >= 0.3 is 6.15 Å². The molecule has 0 fully saturated rings. The Morgan fingerprint density at radius 2 is 0.752 bits per heavy atom. The topological polar surface area (TPSA) is 485 Å². The molecular weight excluding hydrogens is 1400 g/mol. The minimum Gasteiger partial charge on any atom is -0.494 e. The molecular formula is C76H74N20O13. The van der Waals surface area contributed by atoms with E-state index in [0.717, 1.165) is 44.3 Å². The van der Waals surface area contributed by atoms with Crippen LogP contribution >= 0.6 is 0 Å². The molecule has 3 aromatic heterocycles. The first-order valence-corrected chi connectivity index (χ1v) is 34.5. The van der Waals surface area contributed by atoms with Crippen LogP contribution in [0.25, 0.3) is 55.0 Å². The van der Waals surface area contributed by atoms with Gasteiger partial charge in [0.05, 0.1) is 56.1 Å². The van der Waals surface area contributed by atoms with Gasteiger partial charge in [-0.15, -0.1) is 0 Å². The third-order valence-corrected chi connectivity index (χ3v) is 16.6. The molecule has 3 aliphatic heterocycles. The molecule has 9 aromatic rings. The molecule has 0 aliphatic carbocycles. The molecule has 556 valence electrons. The van der Waals surface area contributed by atoms with Crippen LogP contribution in [0.2, 0.25) is 0 Å². The fourth-order valence-corrected chi connectivity index (χ4v) is 11.7. The van der Waals surface area contributed by atoms with Gasteiger partial charge < -0.3 is 42.0 Å². The number of unbranched alkanes of at least 4 members (excludes halogenated alkanes) is 4. The highest BCUT2D eigenvalue weighted by atomic mass is 16.5. The quantitative estimate of drug-likeness (QED) is 0.0126. The predicted octanol–water partition coefficient (Wildman–Crippen LogP) is 10.4. The van der Waals surface area contributed by atoms with Crippen molar-refractivity contribution in [2.75, 3.05) is 60.7 Å². The van der Waals surface area contributed by atoms with E-state index in [-0.39, 0.29) is 95.3 Å². The second-order valence-electron chi connectivity index (χ2n) is 23.8. The maximum Gasteiger partial charge on any atom is 0.373 e. The Balaban J connectivity index is 0.000000187. The van der Waals surface area contributed by atoms with E-state index < -0.39 is 17.7 Å². The highest BCUT2D eigenvalue weighted by molar-refractivity contribution is 6.12. The van der Waals surface area contributed by atoms with Crippen molar-refractivity contribution in [1.29, 1.82) is 0 Å². The first kappa shape index (κ1) is 78.8. The highest BCUT2D eigenvalue weighted by Gasteiger charge is 2.38. The lowest BCUT2D eigenvalue weighted by Gasteiger charge is -2.18. The maximum absolute atomic E-state index is 13.1. The molecule has 0 saturated carbocycles. The van der Waals surface area contributed by atoms with E-state index in [1.165, 1.54) is 14.7 Å². The lowest BCUT2D eigenvalue weighted by Crippen LogP contribution is -2.26. The molecule has 0 radical (unpaired) electrons. The van der Waals surface area contributed by atoms with E-state index in [4.69, 9.17) is 52.1 Å². The average molecular weight is 1480 g/mol. The number of ether oxygens (including phenoxy) is 3. The standard InChI is InChI=1S/2C27H28N8O4.C21H18N4O3.CO2/c2*1-2-39-20-11-9-17(10-12-20)25-32-23(24(28)37)21-16-22(36)35(26(21)33-25)19-8-6-7-18(15-19)27(38)30-13-4-3-5-14-31-34-29;1-2-28-15-10-8-13(9-11-15)20-23-18(19(22)27)16-12-17(26)25(21(16)24-20)14-6-4-3-5-7-14;2-1-3/h2*6-12,15H,2-5,13-14,16H2,1H3,(H2,28,37)(H,30,38);3-11H,2,12H2,1H3,(H2,22,27);. The van der Waals surface area contributed by atoms with Crippen molar-refractivity contribution < 1.29 is 62.2 Å². The molecule has 12 rings (SSSR count). The smallest absolute Gasteiger partial charge is 0.373 e. The van der Waals surface area contributed by atoms with Gasteiger partial charge in [-0.1, -0.05) is 53.4 Å². The summed E-state index contributed by atoms with van der Waals surface area (Å²) in [5, 5.41) is 12.7. The van der Waals surface area contributed by atoms with Crippen molar-refractivity contribution in [1.82, 2.24) is 40.5 Å². The molecule has 33 heteroatoms. The maximum atomic E-state index is 13.1. The second-order valence-corrected chi connectivity index (χ2v) is 23.8. The summed E-state index contributed by atoms with van der Waals surface area (Å²) < 4.78 is 16.4. The molecule has 0 atom stereocenters. The second kappa shape index (κ2) is 38.5. The Hall–Kier alpha value is -14.3. The van der Waals surface area contributed by atoms with Crippen LogP contribution in [-0.4, -0.2) is 129 Å². The van der Waals surface area contributed by atoms with Crippen molar-refractivity contribution in [3.05, 3.63) is 217 Å².